The molecule has 3 aromatic heterocycles. The Kier molecular flexibility index (Phi) is 4.63. The van der Waals surface area contributed by atoms with Gasteiger partial charge in [-0.05, 0) is 36.8 Å². The number of hydrogen-bond acceptors (Lipinski definition) is 5. The van der Waals surface area contributed by atoms with Gasteiger partial charge in [0.25, 0.3) is 0 Å². The largest absolute Gasteiger partial charge is 0.350 e. The van der Waals surface area contributed by atoms with Crippen LogP contribution < -0.4 is 11.2 Å². The lowest BCUT2D eigenvalue weighted by molar-refractivity contribution is 0.249. The van der Waals surface area contributed by atoms with Crippen LogP contribution in [0.5, 0.6) is 0 Å². The minimum atomic E-state index is -0.761. The van der Waals surface area contributed by atoms with Crippen LogP contribution in [0, 0.1) is 5.82 Å². The fraction of sp³-hybridized carbons (Fsp3) is 0.150. The van der Waals surface area contributed by atoms with Crippen molar-refractivity contribution in [3.63, 3.8) is 0 Å². The van der Waals surface area contributed by atoms with E-state index in [1.807, 2.05) is 19.1 Å². The standard InChI is InChI=1S/C20H18FN7O/c1-11(14-8-13-4-3-7-23-17(13)9-15(14)21)18-10-24-19-6-5-16(27-28(18)19)12(2)25-26-20(22)29/h3-11H,1-2H3,(H3,22,26,29). The van der Waals surface area contributed by atoms with E-state index in [1.165, 1.54) is 6.07 Å². The fourth-order valence-corrected chi connectivity index (χ4v) is 3.18. The van der Waals surface area contributed by atoms with Crippen molar-refractivity contribution >= 4 is 28.3 Å². The molecule has 0 radical (unpaired) electrons. The zero-order chi connectivity index (χ0) is 20.5. The number of benzene rings is 1. The molecule has 146 valence electrons. The molecule has 1 atom stereocenters. The molecule has 3 N–H and O–H groups in total. The molecule has 1 aromatic carbocycles. The number of hydrazone groups is 1. The average molecular weight is 391 g/mol. The van der Waals surface area contributed by atoms with Gasteiger partial charge in [-0.2, -0.15) is 10.2 Å². The zero-order valence-corrected chi connectivity index (χ0v) is 15.8. The number of primary amides is 1. The quantitative estimate of drug-likeness (QED) is 0.411. The molecule has 0 aliphatic carbocycles. The van der Waals surface area contributed by atoms with Crippen LogP contribution in [0.25, 0.3) is 16.6 Å². The van der Waals surface area contributed by atoms with Crippen molar-refractivity contribution in [1.82, 2.24) is 25.0 Å². The molecule has 8 nitrogen and oxygen atoms in total. The van der Waals surface area contributed by atoms with Gasteiger partial charge in [0.2, 0.25) is 0 Å². The second-order valence-electron chi connectivity index (χ2n) is 6.64. The highest BCUT2D eigenvalue weighted by atomic mass is 19.1. The van der Waals surface area contributed by atoms with E-state index >= 15 is 0 Å². The number of carbonyl (C=O) groups excluding carboxylic acids is 1. The number of urea groups is 1. The molecule has 0 fully saturated rings. The first-order valence-electron chi connectivity index (χ1n) is 8.93. The van der Waals surface area contributed by atoms with E-state index in [1.54, 1.807) is 42.0 Å². The Balaban J connectivity index is 1.77. The number of nitrogens with one attached hydrogen (secondary N) is 1. The van der Waals surface area contributed by atoms with Gasteiger partial charge < -0.3 is 5.73 Å². The van der Waals surface area contributed by atoms with Crippen molar-refractivity contribution in [3.8, 4) is 0 Å². The predicted molar refractivity (Wildman–Crippen MR) is 107 cm³/mol. The molecule has 2 amide bonds. The lowest BCUT2D eigenvalue weighted by Crippen LogP contribution is -2.25. The molecule has 0 saturated heterocycles. The van der Waals surface area contributed by atoms with Crippen LogP contribution in [-0.2, 0) is 0 Å². The number of fused-ring (bicyclic) bond motifs is 2. The third-order valence-electron chi connectivity index (χ3n) is 4.72. The second-order valence-corrected chi connectivity index (χ2v) is 6.64. The summed E-state index contributed by atoms with van der Waals surface area (Å²) in [7, 11) is 0. The molecule has 3 heterocycles. The average Bonchev–Trinajstić information content (AvgIpc) is 3.14. The summed E-state index contributed by atoms with van der Waals surface area (Å²) in [5.74, 6) is -0.642. The summed E-state index contributed by atoms with van der Waals surface area (Å²) in [6.45, 7) is 3.59. The van der Waals surface area contributed by atoms with Crippen LogP contribution in [0.1, 0.15) is 36.7 Å². The number of nitrogens with two attached hydrogens (primary N) is 1. The second kappa shape index (κ2) is 7.27. The summed E-state index contributed by atoms with van der Waals surface area (Å²) in [5, 5.41) is 9.30. The number of carbonyl (C=O) groups is 1. The third kappa shape index (κ3) is 3.49. The monoisotopic (exact) mass is 391 g/mol. The van der Waals surface area contributed by atoms with Crippen LogP contribution in [-0.4, -0.2) is 31.3 Å². The molecule has 0 aliphatic rings. The summed E-state index contributed by atoms with van der Waals surface area (Å²) in [6, 6.07) is 9.71. The highest BCUT2D eigenvalue weighted by Gasteiger charge is 2.19. The summed E-state index contributed by atoms with van der Waals surface area (Å²) in [4.78, 5) is 19.4. The van der Waals surface area contributed by atoms with Crippen LogP contribution in [0.2, 0.25) is 0 Å². The predicted octanol–water partition coefficient (Wildman–Crippen LogP) is 2.96. The highest BCUT2D eigenvalue weighted by molar-refractivity contribution is 5.97. The van der Waals surface area contributed by atoms with Gasteiger partial charge in [0.15, 0.2) is 5.65 Å². The Hall–Kier alpha value is -3.88. The maximum Gasteiger partial charge on any atom is 0.332 e. The number of pyridine rings is 1. The van der Waals surface area contributed by atoms with Crippen LogP contribution in [0.15, 0.2) is 53.9 Å². The smallest absolute Gasteiger partial charge is 0.332 e. The Morgan fingerprint density at radius 2 is 2.10 bits per heavy atom. The molecular weight excluding hydrogens is 373 g/mol. The number of amides is 2. The van der Waals surface area contributed by atoms with Gasteiger partial charge in [-0.15, -0.1) is 0 Å². The number of imidazole rings is 1. The van der Waals surface area contributed by atoms with Crippen LogP contribution in [0.4, 0.5) is 9.18 Å². The molecule has 4 aromatic rings. The molecule has 29 heavy (non-hydrogen) atoms. The van der Waals surface area contributed by atoms with Gasteiger partial charge in [-0.1, -0.05) is 13.0 Å². The van der Waals surface area contributed by atoms with Gasteiger partial charge in [-0.25, -0.2) is 24.1 Å². The first kappa shape index (κ1) is 18.5. The van der Waals surface area contributed by atoms with E-state index in [4.69, 9.17) is 5.73 Å². The lowest BCUT2D eigenvalue weighted by Gasteiger charge is -2.14. The lowest BCUT2D eigenvalue weighted by atomic mass is 9.96. The SMILES string of the molecule is CC(=NNC(N)=O)c1ccc2ncc(C(C)c3cc4cccnc4cc3F)n2n1. The van der Waals surface area contributed by atoms with E-state index in [0.29, 0.717) is 28.1 Å². The molecule has 9 heteroatoms. The fourth-order valence-electron chi connectivity index (χ4n) is 3.18. The van der Waals surface area contributed by atoms with Gasteiger partial charge in [0.1, 0.15) is 11.5 Å². The van der Waals surface area contributed by atoms with Crippen LogP contribution in [0.3, 0.4) is 0 Å². The maximum absolute atomic E-state index is 14.8. The number of rotatable bonds is 4. The molecule has 4 rings (SSSR count). The van der Waals surface area contributed by atoms with Crippen molar-refractivity contribution in [2.45, 2.75) is 19.8 Å². The number of aromatic nitrogens is 4. The Bertz CT molecular complexity index is 1260. The van der Waals surface area contributed by atoms with Gasteiger partial charge in [-0.3, -0.25) is 4.98 Å². The van der Waals surface area contributed by atoms with E-state index in [2.05, 4.69) is 25.6 Å². The Labute approximate surface area is 165 Å². The van der Waals surface area contributed by atoms with Gasteiger partial charge >= 0.3 is 6.03 Å². The third-order valence-corrected chi connectivity index (χ3v) is 4.72. The van der Waals surface area contributed by atoms with Crippen molar-refractivity contribution in [2.75, 3.05) is 0 Å². The zero-order valence-electron chi connectivity index (χ0n) is 15.8. The van der Waals surface area contributed by atoms with Crippen molar-refractivity contribution in [2.24, 2.45) is 10.8 Å². The minimum Gasteiger partial charge on any atom is -0.350 e. The molecular formula is C20H18FN7O. The van der Waals surface area contributed by atoms with E-state index in [9.17, 15) is 9.18 Å². The number of nitrogens with zero attached hydrogens (tertiary/aromatic N) is 5. The van der Waals surface area contributed by atoms with E-state index in [-0.39, 0.29) is 11.7 Å². The Morgan fingerprint density at radius 1 is 1.28 bits per heavy atom. The molecule has 0 aliphatic heterocycles. The number of halogens is 1. The topological polar surface area (TPSA) is 111 Å². The van der Waals surface area contributed by atoms with E-state index in [0.717, 1.165) is 11.1 Å². The van der Waals surface area contributed by atoms with Crippen molar-refractivity contribution in [3.05, 3.63) is 71.6 Å². The molecule has 1 unspecified atom stereocenters. The summed E-state index contributed by atoms with van der Waals surface area (Å²) in [6.07, 6.45) is 3.32. The summed E-state index contributed by atoms with van der Waals surface area (Å²) in [5.41, 5.74) is 10.7. The van der Waals surface area contributed by atoms with Crippen LogP contribution >= 0.6 is 0 Å². The molecule has 0 bridgehead atoms. The van der Waals surface area contributed by atoms with Gasteiger partial charge in [0, 0.05) is 23.6 Å². The van der Waals surface area contributed by atoms with Crippen molar-refractivity contribution < 1.29 is 9.18 Å². The number of hydrogen-bond donors (Lipinski definition) is 2. The first-order valence-corrected chi connectivity index (χ1v) is 8.93. The Morgan fingerprint density at radius 3 is 2.90 bits per heavy atom. The van der Waals surface area contributed by atoms with Crippen molar-refractivity contribution in [1.29, 1.82) is 0 Å². The summed E-state index contributed by atoms with van der Waals surface area (Å²) >= 11 is 0. The van der Waals surface area contributed by atoms with Gasteiger partial charge in [0.05, 0.1) is 23.1 Å². The normalized spacial score (nSPS) is 13.0. The minimum absolute atomic E-state index is 0.307. The summed E-state index contributed by atoms with van der Waals surface area (Å²) < 4.78 is 16.4. The molecule has 0 spiro atoms. The first-order chi connectivity index (χ1) is 13.9. The molecule has 0 saturated carbocycles. The maximum atomic E-state index is 14.8. The van der Waals surface area contributed by atoms with E-state index < -0.39 is 6.03 Å². The highest BCUT2D eigenvalue weighted by Crippen LogP contribution is 2.29.